The van der Waals surface area contributed by atoms with E-state index in [2.05, 4.69) is 10.5 Å². The molecule has 0 aromatic carbocycles. The van der Waals surface area contributed by atoms with E-state index in [0.29, 0.717) is 18.0 Å². The Labute approximate surface area is 85.6 Å². The maximum atomic E-state index is 11.8. The summed E-state index contributed by atoms with van der Waals surface area (Å²) in [5.74, 6) is 0.645. The Balaban J connectivity index is 2.32. The van der Waals surface area contributed by atoms with Crippen molar-refractivity contribution >= 4 is 0 Å². The Kier molecular flexibility index (Phi) is 3.73. The quantitative estimate of drug-likeness (QED) is 0.794. The van der Waals surface area contributed by atoms with E-state index in [0.717, 1.165) is 5.56 Å². The van der Waals surface area contributed by atoms with E-state index >= 15 is 0 Å². The molecule has 1 rings (SSSR count). The van der Waals surface area contributed by atoms with E-state index in [4.69, 9.17) is 4.52 Å². The molecule has 86 valence electrons. The van der Waals surface area contributed by atoms with Crippen LogP contribution in [-0.2, 0) is 6.54 Å². The zero-order valence-electron chi connectivity index (χ0n) is 8.61. The lowest BCUT2D eigenvalue weighted by molar-refractivity contribution is -0.133. The largest absolute Gasteiger partial charge is 0.390 e. The van der Waals surface area contributed by atoms with Gasteiger partial charge < -0.3 is 9.84 Å². The minimum absolute atomic E-state index is 0.0897. The van der Waals surface area contributed by atoms with Crippen LogP contribution in [0, 0.1) is 13.8 Å². The van der Waals surface area contributed by atoms with Gasteiger partial charge in [0.1, 0.15) is 5.76 Å². The SMILES string of the molecule is Cc1noc(C)c1CNCCC(F)(F)F. The molecule has 1 N–H and O–H groups in total. The standard InChI is InChI=1S/C9H13F3N2O/c1-6-8(7(2)15-14-6)5-13-4-3-9(10,11)12/h13H,3-5H2,1-2H3. The Bertz CT molecular complexity index is 300. The zero-order chi connectivity index (χ0) is 11.5. The Morgan fingerprint density at radius 2 is 2.00 bits per heavy atom. The first-order valence-corrected chi connectivity index (χ1v) is 4.59. The van der Waals surface area contributed by atoms with Gasteiger partial charge in [-0.1, -0.05) is 5.16 Å². The molecule has 0 fully saturated rings. The van der Waals surface area contributed by atoms with Crippen molar-refractivity contribution in [1.82, 2.24) is 10.5 Å². The van der Waals surface area contributed by atoms with Crippen molar-refractivity contribution in [2.75, 3.05) is 6.54 Å². The second-order valence-electron chi connectivity index (χ2n) is 3.34. The first-order valence-electron chi connectivity index (χ1n) is 4.59. The van der Waals surface area contributed by atoms with E-state index < -0.39 is 12.6 Å². The maximum absolute atomic E-state index is 11.8. The highest BCUT2D eigenvalue weighted by Crippen LogP contribution is 2.18. The molecule has 0 spiro atoms. The Hall–Kier alpha value is -1.04. The molecule has 0 aliphatic rings. The lowest BCUT2D eigenvalue weighted by Gasteiger charge is -2.07. The highest BCUT2D eigenvalue weighted by molar-refractivity contribution is 5.20. The van der Waals surface area contributed by atoms with Gasteiger partial charge in [0.25, 0.3) is 0 Å². The monoisotopic (exact) mass is 222 g/mol. The molecule has 1 aromatic heterocycles. The number of alkyl halides is 3. The van der Waals surface area contributed by atoms with Crippen LogP contribution in [0.25, 0.3) is 0 Å². The molecule has 1 heterocycles. The van der Waals surface area contributed by atoms with Gasteiger partial charge in [0.05, 0.1) is 12.1 Å². The van der Waals surface area contributed by atoms with E-state index in [-0.39, 0.29) is 6.54 Å². The van der Waals surface area contributed by atoms with Crippen molar-refractivity contribution in [2.24, 2.45) is 0 Å². The van der Waals surface area contributed by atoms with E-state index in [9.17, 15) is 13.2 Å². The van der Waals surface area contributed by atoms with Gasteiger partial charge in [-0.2, -0.15) is 13.2 Å². The van der Waals surface area contributed by atoms with Crippen LogP contribution in [0.15, 0.2) is 4.52 Å². The van der Waals surface area contributed by atoms with Gasteiger partial charge in [-0.3, -0.25) is 0 Å². The van der Waals surface area contributed by atoms with Crippen LogP contribution in [0.1, 0.15) is 23.4 Å². The van der Waals surface area contributed by atoms with E-state index in [1.807, 2.05) is 0 Å². The molecule has 3 nitrogen and oxygen atoms in total. The number of nitrogens with zero attached hydrogens (tertiary/aromatic N) is 1. The number of hydrogen-bond acceptors (Lipinski definition) is 3. The van der Waals surface area contributed by atoms with Crippen molar-refractivity contribution in [1.29, 1.82) is 0 Å². The van der Waals surface area contributed by atoms with Crippen LogP contribution in [0.3, 0.4) is 0 Å². The Morgan fingerprint density at radius 3 is 2.47 bits per heavy atom. The van der Waals surface area contributed by atoms with Gasteiger partial charge in [0, 0.05) is 18.7 Å². The molecule has 0 saturated heterocycles. The zero-order valence-corrected chi connectivity index (χ0v) is 8.61. The molecule has 0 unspecified atom stereocenters. The first-order chi connectivity index (χ1) is 6.90. The summed E-state index contributed by atoms with van der Waals surface area (Å²) in [6, 6.07) is 0. The third-order valence-electron chi connectivity index (χ3n) is 2.07. The molecule has 0 aliphatic carbocycles. The second kappa shape index (κ2) is 4.65. The lowest BCUT2D eigenvalue weighted by Crippen LogP contribution is -2.21. The average Bonchev–Trinajstić information content (AvgIpc) is 2.40. The van der Waals surface area contributed by atoms with Crippen LogP contribution in [0.5, 0.6) is 0 Å². The lowest BCUT2D eigenvalue weighted by atomic mass is 10.2. The number of rotatable bonds is 4. The summed E-state index contributed by atoms with van der Waals surface area (Å²) in [4.78, 5) is 0. The first kappa shape index (κ1) is 12.0. The molecule has 0 radical (unpaired) electrons. The average molecular weight is 222 g/mol. The number of aryl methyl sites for hydroxylation is 2. The molecule has 0 atom stereocenters. The molecular weight excluding hydrogens is 209 g/mol. The van der Waals surface area contributed by atoms with Crippen LogP contribution >= 0.6 is 0 Å². The predicted molar refractivity (Wildman–Crippen MR) is 48.4 cm³/mol. The van der Waals surface area contributed by atoms with Crippen molar-refractivity contribution in [3.63, 3.8) is 0 Å². The third-order valence-corrected chi connectivity index (χ3v) is 2.07. The van der Waals surface area contributed by atoms with Crippen molar-refractivity contribution in [3.8, 4) is 0 Å². The van der Waals surface area contributed by atoms with Gasteiger partial charge in [-0.15, -0.1) is 0 Å². The summed E-state index contributed by atoms with van der Waals surface area (Å²) in [6.07, 6.45) is -4.93. The summed E-state index contributed by atoms with van der Waals surface area (Å²) >= 11 is 0. The summed E-state index contributed by atoms with van der Waals surface area (Å²) < 4.78 is 40.3. The third kappa shape index (κ3) is 3.91. The molecule has 6 heteroatoms. The van der Waals surface area contributed by atoms with Crippen molar-refractivity contribution in [2.45, 2.75) is 33.0 Å². The molecule has 0 saturated carbocycles. The smallest absolute Gasteiger partial charge is 0.361 e. The normalized spacial score (nSPS) is 12.1. The van der Waals surface area contributed by atoms with Gasteiger partial charge in [0.2, 0.25) is 0 Å². The number of halogens is 3. The molecule has 0 amide bonds. The fourth-order valence-electron chi connectivity index (χ4n) is 1.20. The Morgan fingerprint density at radius 1 is 1.33 bits per heavy atom. The summed E-state index contributed by atoms with van der Waals surface area (Å²) in [5, 5.41) is 6.41. The van der Waals surface area contributed by atoms with Gasteiger partial charge in [-0.25, -0.2) is 0 Å². The van der Waals surface area contributed by atoms with Crippen LogP contribution in [-0.4, -0.2) is 17.9 Å². The molecule has 0 aliphatic heterocycles. The number of nitrogens with one attached hydrogen (secondary N) is 1. The number of aromatic nitrogens is 1. The topological polar surface area (TPSA) is 38.1 Å². The molecule has 0 bridgehead atoms. The van der Waals surface area contributed by atoms with Crippen molar-refractivity contribution < 1.29 is 17.7 Å². The van der Waals surface area contributed by atoms with E-state index in [1.54, 1.807) is 13.8 Å². The minimum atomic E-state index is -4.11. The van der Waals surface area contributed by atoms with Crippen LogP contribution in [0.2, 0.25) is 0 Å². The second-order valence-corrected chi connectivity index (χ2v) is 3.34. The fraction of sp³-hybridized carbons (Fsp3) is 0.667. The number of hydrogen-bond donors (Lipinski definition) is 1. The van der Waals surface area contributed by atoms with Gasteiger partial charge in [0.15, 0.2) is 0 Å². The molecule has 15 heavy (non-hydrogen) atoms. The fourth-order valence-corrected chi connectivity index (χ4v) is 1.20. The van der Waals surface area contributed by atoms with Gasteiger partial charge in [-0.05, 0) is 13.8 Å². The van der Waals surface area contributed by atoms with E-state index in [1.165, 1.54) is 0 Å². The highest BCUT2D eigenvalue weighted by atomic mass is 19.4. The summed E-state index contributed by atoms with van der Waals surface area (Å²) in [5.41, 5.74) is 1.55. The molecule has 1 aromatic rings. The van der Waals surface area contributed by atoms with Crippen molar-refractivity contribution in [3.05, 3.63) is 17.0 Å². The summed E-state index contributed by atoms with van der Waals surface area (Å²) in [7, 11) is 0. The predicted octanol–water partition coefficient (Wildman–Crippen LogP) is 2.33. The molecular formula is C9H13F3N2O. The maximum Gasteiger partial charge on any atom is 0.390 e. The highest BCUT2D eigenvalue weighted by Gasteiger charge is 2.26. The minimum Gasteiger partial charge on any atom is -0.361 e. The van der Waals surface area contributed by atoms with Crippen LogP contribution in [0.4, 0.5) is 13.2 Å². The van der Waals surface area contributed by atoms with Gasteiger partial charge >= 0.3 is 6.18 Å². The van der Waals surface area contributed by atoms with Crippen LogP contribution < -0.4 is 5.32 Å². The summed E-state index contributed by atoms with van der Waals surface area (Å²) in [6.45, 7) is 3.77.